The Kier molecular flexibility index (Phi) is 10.6. The summed E-state index contributed by atoms with van der Waals surface area (Å²) in [5.41, 5.74) is 2.86. The van der Waals surface area contributed by atoms with Crippen LogP contribution in [0.15, 0.2) is 4.99 Å². The summed E-state index contributed by atoms with van der Waals surface area (Å²) in [7, 11) is 3.67. The molecule has 0 unspecified atom stereocenters. The summed E-state index contributed by atoms with van der Waals surface area (Å²) in [5.74, 6) is 0.722. The lowest BCUT2D eigenvalue weighted by Gasteiger charge is -2.19. The smallest absolute Gasteiger partial charge is 0.407 e. The summed E-state index contributed by atoms with van der Waals surface area (Å²) in [6.45, 7) is 11.5. The topological polar surface area (TPSA) is 92.6 Å². The quantitative estimate of drug-likeness (QED) is 0.252. The molecule has 26 heavy (non-hydrogen) atoms. The Morgan fingerprint density at radius 2 is 1.81 bits per heavy atom. The van der Waals surface area contributed by atoms with Gasteiger partial charge >= 0.3 is 6.09 Å². The second-order valence-corrected chi connectivity index (χ2v) is 6.91. The first-order valence-corrected chi connectivity index (χ1v) is 8.54. The van der Waals surface area contributed by atoms with Gasteiger partial charge in [0.25, 0.3) is 0 Å². The van der Waals surface area contributed by atoms with Gasteiger partial charge in [-0.25, -0.2) is 4.79 Å². The number of amides is 1. The summed E-state index contributed by atoms with van der Waals surface area (Å²) >= 11 is 0. The van der Waals surface area contributed by atoms with Crippen molar-refractivity contribution < 1.29 is 9.53 Å². The van der Waals surface area contributed by atoms with E-state index in [9.17, 15) is 4.79 Å². The number of carbonyl (C=O) groups excluding carboxylic acids is 1. The maximum Gasteiger partial charge on any atom is 0.407 e. The van der Waals surface area contributed by atoms with Crippen LogP contribution in [0.2, 0.25) is 0 Å². The van der Waals surface area contributed by atoms with E-state index in [1.807, 2.05) is 39.4 Å². The van der Waals surface area contributed by atoms with Crippen LogP contribution in [0.4, 0.5) is 4.79 Å². The highest BCUT2D eigenvalue weighted by atomic mass is 127. The monoisotopic (exact) mass is 480 g/mol. The van der Waals surface area contributed by atoms with E-state index >= 15 is 0 Å². The summed E-state index contributed by atoms with van der Waals surface area (Å²) < 4.78 is 7.06. The molecule has 0 fully saturated rings. The number of aromatic nitrogens is 2. The van der Waals surface area contributed by atoms with Crippen molar-refractivity contribution in [1.29, 1.82) is 0 Å². The number of aliphatic imine (C=N–C) groups is 1. The highest BCUT2D eigenvalue weighted by Gasteiger charge is 2.15. The molecule has 9 heteroatoms. The van der Waals surface area contributed by atoms with Crippen LogP contribution >= 0.6 is 24.0 Å². The number of nitrogens with zero attached hydrogens (tertiary/aromatic N) is 3. The van der Waals surface area contributed by atoms with E-state index in [0.717, 1.165) is 23.8 Å². The van der Waals surface area contributed by atoms with Crippen LogP contribution in [0, 0.1) is 13.8 Å². The Morgan fingerprint density at radius 3 is 2.31 bits per heavy atom. The van der Waals surface area contributed by atoms with E-state index in [4.69, 9.17) is 4.74 Å². The SMILES string of the molecule is CN=C(NCCCNC(=O)OC(C)(C)C)NCc1c(C)nn(C)c1C.I. The third-order valence-corrected chi connectivity index (χ3v) is 3.63. The van der Waals surface area contributed by atoms with Crippen LogP contribution in [0.5, 0.6) is 0 Å². The fraction of sp³-hybridized carbons (Fsp3) is 0.706. The standard InChI is InChI=1S/C17H32N6O2.HI/c1-12-14(13(2)23(7)22-12)11-21-15(18-6)19-9-8-10-20-16(24)25-17(3,4)5;/h8-11H2,1-7H3,(H,20,24)(H2,18,19,21);1H. The molecule has 1 rings (SSSR count). The number of guanidine groups is 1. The molecule has 0 bridgehead atoms. The number of hydrogen-bond acceptors (Lipinski definition) is 4. The molecule has 0 saturated heterocycles. The van der Waals surface area contributed by atoms with Gasteiger partial charge < -0.3 is 20.7 Å². The van der Waals surface area contributed by atoms with Crippen molar-refractivity contribution in [3.05, 3.63) is 17.0 Å². The second kappa shape index (κ2) is 11.2. The Hall–Kier alpha value is -1.52. The fourth-order valence-electron chi connectivity index (χ4n) is 2.27. The normalized spacial score (nSPS) is 11.6. The summed E-state index contributed by atoms with van der Waals surface area (Å²) in [5, 5.41) is 13.7. The Labute approximate surface area is 173 Å². The van der Waals surface area contributed by atoms with Crippen LogP contribution < -0.4 is 16.0 Å². The lowest BCUT2D eigenvalue weighted by molar-refractivity contribution is 0.0527. The maximum atomic E-state index is 11.5. The number of aryl methyl sites for hydroxylation is 2. The molecule has 1 heterocycles. The van der Waals surface area contributed by atoms with E-state index in [2.05, 4.69) is 33.0 Å². The molecule has 0 aliphatic heterocycles. The van der Waals surface area contributed by atoms with Crippen LogP contribution in [0.1, 0.15) is 44.1 Å². The third-order valence-electron chi connectivity index (χ3n) is 3.63. The lowest BCUT2D eigenvalue weighted by Crippen LogP contribution is -2.39. The van der Waals surface area contributed by atoms with E-state index < -0.39 is 11.7 Å². The van der Waals surface area contributed by atoms with Crippen molar-refractivity contribution in [2.45, 2.75) is 53.2 Å². The van der Waals surface area contributed by atoms with Crippen molar-refractivity contribution in [3.8, 4) is 0 Å². The molecule has 0 aliphatic rings. The van der Waals surface area contributed by atoms with E-state index in [0.29, 0.717) is 19.6 Å². The highest BCUT2D eigenvalue weighted by molar-refractivity contribution is 14.0. The van der Waals surface area contributed by atoms with Gasteiger partial charge in [-0.15, -0.1) is 24.0 Å². The fourth-order valence-corrected chi connectivity index (χ4v) is 2.27. The number of halogens is 1. The zero-order chi connectivity index (χ0) is 19.0. The molecule has 8 nitrogen and oxygen atoms in total. The van der Waals surface area contributed by atoms with Gasteiger partial charge in [0.1, 0.15) is 5.60 Å². The molecule has 0 aromatic carbocycles. The number of ether oxygens (including phenoxy) is 1. The van der Waals surface area contributed by atoms with Crippen LogP contribution in [0.25, 0.3) is 0 Å². The van der Waals surface area contributed by atoms with Gasteiger partial charge in [0.2, 0.25) is 0 Å². The summed E-state index contributed by atoms with van der Waals surface area (Å²) in [4.78, 5) is 15.7. The first-order valence-electron chi connectivity index (χ1n) is 8.54. The molecule has 1 aromatic rings. The molecule has 1 aromatic heterocycles. The van der Waals surface area contributed by atoms with Crippen LogP contribution in [-0.2, 0) is 18.3 Å². The first kappa shape index (κ1) is 24.5. The average molecular weight is 480 g/mol. The van der Waals surface area contributed by atoms with Crippen molar-refractivity contribution in [2.24, 2.45) is 12.0 Å². The number of nitrogens with one attached hydrogen (secondary N) is 3. The number of rotatable bonds is 6. The Bertz CT molecular complexity index is 607. The van der Waals surface area contributed by atoms with Crippen molar-refractivity contribution in [3.63, 3.8) is 0 Å². The minimum Gasteiger partial charge on any atom is -0.444 e. The predicted octanol–water partition coefficient (Wildman–Crippen LogP) is 2.23. The molecule has 0 saturated carbocycles. The van der Waals surface area contributed by atoms with Gasteiger partial charge in [0, 0.05) is 45.0 Å². The summed E-state index contributed by atoms with van der Waals surface area (Å²) in [6.07, 6.45) is 0.378. The molecular weight excluding hydrogens is 447 g/mol. The van der Waals surface area contributed by atoms with Crippen LogP contribution in [-0.4, -0.2) is 47.6 Å². The molecule has 0 spiro atoms. The molecule has 3 N–H and O–H groups in total. The minimum atomic E-state index is -0.475. The zero-order valence-electron chi connectivity index (χ0n) is 16.9. The van der Waals surface area contributed by atoms with Gasteiger partial charge in [-0.1, -0.05) is 0 Å². The van der Waals surface area contributed by atoms with Gasteiger partial charge in [0.05, 0.1) is 5.69 Å². The van der Waals surface area contributed by atoms with E-state index in [1.54, 1.807) is 7.05 Å². The van der Waals surface area contributed by atoms with E-state index in [-0.39, 0.29) is 24.0 Å². The molecular formula is C17H33IN6O2. The van der Waals surface area contributed by atoms with Crippen LogP contribution in [0.3, 0.4) is 0 Å². The molecule has 150 valence electrons. The summed E-state index contributed by atoms with van der Waals surface area (Å²) in [6, 6.07) is 0. The number of carbonyl (C=O) groups is 1. The van der Waals surface area contributed by atoms with Gasteiger partial charge in [-0.2, -0.15) is 5.10 Å². The number of alkyl carbamates (subject to hydrolysis) is 1. The lowest BCUT2D eigenvalue weighted by atomic mass is 10.2. The minimum absolute atomic E-state index is 0. The first-order chi connectivity index (χ1) is 11.6. The van der Waals surface area contributed by atoms with E-state index in [1.165, 1.54) is 5.56 Å². The van der Waals surface area contributed by atoms with Gasteiger partial charge in [-0.3, -0.25) is 9.67 Å². The van der Waals surface area contributed by atoms with Crippen molar-refractivity contribution >= 4 is 36.0 Å². The Balaban J connectivity index is 0.00000625. The molecule has 0 aliphatic carbocycles. The predicted molar refractivity (Wildman–Crippen MR) is 115 cm³/mol. The largest absolute Gasteiger partial charge is 0.444 e. The average Bonchev–Trinajstić information content (AvgIpc) is 2.73. The van der Waals surface area contributed by atoms with Gasteiger partial charge in [0.15, 0.2) is 5.96 Å². The molecule has 0 atom stereocenters. The molecule has 0 radical (unpaired) electrons. The second-order valence-electron chi connectivity index (χ2n) is 6.91. The van der Waals surface area contributed by atoms with Crippen molar-refractivity contribution in [2.75, 3.05) is 20.1 Å². The molecule has 1 amide bonds. The zero-order valence-corrected chi connectivity index (χ0v) is 19.2. The Morgan fingerprint density at radius 1 is 1.19 bits per heavy atom. The number of hydrogen-bond donors (Lipinski definition) is 3. The highest BCUT2D eigenvalue weighted by Crippen LogP contribution is 2.11. The van der Waals surface area contributed by atoms with Gasteiger partial charge in [-0.05, 0) is 41.0 Å². The third kappa shape index (κ3) is 8.72. The maximum absolute atomic E-state index is 11.5. The van der Waals surface area contributed by atoms with Crippen molar-refractivity contribution in [1.82, 2.24) is 25.7 Å².